The van der Waals surface area contributed by atoms with Gasteiger partial charge in [0.1, 0.15) is 0 Å². The van der Waals surface area contributed by atoms with E-state index in [1.54, 1.807) is 18.2 Å². The molecule has 2 aromatic rings. The first-order valence-electron chi connectivity index (χ1n) is 6.75. The van der Waals surface area contributed by atoms with Crippen LogP contribution in [0, 0.1) is 0 Å². The van der Waals surface area contributed by atoms with Gasteiger partial charge in [-0.3, -0.25) is 9.78 Å². The van der Waals surface area contributed by atoms with E-state index in [9.17, 15) is 4.79 Å². The Hall–Kier alpha value is -2.04. The highest BCUT2D eigenvalue weighted by Crippen LogP contribution is 2.30. The Bertz CT molecular complexity index is 660. The number of nitrogens with one attached hydrogen (secondary N) is 1. The normalized spacial score (nSPS) is 14.8. The van der Waals surface area contributed by atoms with Gasteiger partial charge >= 0.3 is 0 Å². The van der Waals surface area contributed by atoms with Crippen molar-refractivity contribution in [3.8, 4) is 0 Å². The number of nitrogen functional groups attached to an aromatic ring is 1. The molecule has 0 unspecified atom stereocenters. The molecule has 5 heteroatoms. The van der Waals surface area contributed by atoms with E-state index < -0.39 is 0 Å². The van der Waals surface area contributed by atoms with E-state index in [2.05, 4.69) is 21.8 Å². The average Bonchev–Trinajstić information content (AvgIpc) is 3.21. The fourth-order valence-corrected chi connectivity index (χ4v) is 2.37. The summed E-state index contributed by atoms with van der Waals surface area (Å²) in [5.74, 6) is 0.687. The van der Waals surface area contributed by atoms with E-state index in [0.717, 1.165) is 13.0 Å². The second-order valence-electron chi connectivity index (χ2n) is 5.09. The molecule has 0 aliphatic heterocycles. The summed E-state index contributed by atoms with van der Waals surface area (Å²) in [6, 6.07) is 5.79. The Kier molecular flexibility index (Phi) is 2.89. The SMILES string of the molecule is CCCN(c1nc2ccc(N)cc2c(=O)[nH]1)C1CC1. The fourth-order valence-electron chi connectivity index (χ4n) is 2.37. The molecule has 0 radical (unpaired) electrons. The first kappa shape index (κ1) is 12.0. The van der Waals surface area contributed by atoms with Crippen LogP contribution in [0.1, 0.15) is 26.2 Å². The zero-order valence-corrected chi connectivity index (χ0v) is 11.0. The molecular weight excluding hydrogens is 240 g/mol. The van der Waals surface area contributed by atoms with Gasteiger partial charge in [0.25, 0.3) is 5.56 Å². The van der Waals surface area contributed by atoms with Crippen LogP contribution in [0.25, 0.3) is 10.9 Å². The van der Waals surface area contributed by atoms with E-state index in [4.69, 9.17) is 5.73 Å². The predicted octanol–water partition coefficient (Wildman–Crippen LogP) is 1.88. The number of anilines is 2. The number of hydrogen-bond donors (Lipinski definition) is 2. The molecule has 3 N–H and O–H groups in total. The number of nitrogens with zero attached hydrogens (tertiary/aromatic N) is 2. The van der Waals surface area contributed by atoms with Gasteiger partial charge in [0.05, 0.1) is 10.9 Å². The summed E-state index contributed by atoms with van der Waals surface area (Å²) >= 11 is 0. The molecule has 3 rings (SSSR count). The monoisotopic (exact) mass is 258 g/mol. The van der Waals surface area contributed by atoms with Crippen LogP contribution in [-0.2, 0) is 0 Å². The number of aromatic amines is 1. The minimum absolute atomic E-state index is 0.117. The summed E-state index contributed by atoms with van der Waals surface area (Å²) in [5.41, 5.74) is 6.88. The minimum Gasteiger partial charge on any atom is -0.399 e. The van der Waals surface area contributed by atoms with Crippen molar-refractivity contribution >= 4 is 22.5 Å². The van der Waals surface area contributed by atoms with Crippen molar-refractivity contribution < 1.29 is 0 Å². The molecule has 1 aliphatic rings. The molecule has 1 fully saturated rings. The first-order chi connectivity index (χ1) is 9.19. The Morgan fingerprint density at radius 1 is 1.47 bits per heavy atom. The lowest BCUT2D eigenvalue weighted by molar-refractivity contribution is 0.736. The van der Waals surface area contributed by atoms with E-state index in [-0.39, 0.29) is 5.56 Å². The van der Waals surface area contributed by atoms with Crippen LogP contribution >= 0.6 is 0 Å². The summed E-state index contributed by atoms with van der Waals surface area (Å²) in [7, 11) is 0. The van der Waals surface area contributed by atoms with Gasteiger partial charge in [-0.2, -0.15) is 0 Å². The van der Waals surface area contributed by atoms with E-state index in [1.165, 1.54) is 12.8 Å². The van der Waals surface area contributed by atoms with Crippen LogP contribution in [0.5, 0.6) is 0 Å². The van der Waals surface area contributed by atoms with Crippen molar-refractivity contribution in [2.45, 2.75) is 32.2 Å². The lowest BCUT2D eigenvalue weighted by Gasteiger charge is -2.22. The Balaban J connectivity index is 2.09. The first-order valence-corrected chi connectivity index (χ1v) is 6.75. The van der Waals surface area contributed by atoms with Crippen molar-refractivity contribution in [3.05, 3.63) is 28.6 Å². The highest BCUT2D eigenvalue weighted by molar-refractivity contribution is 5.81. The molecule has 100 valence electrons. The number of nitrogens with two attached hydrogens (primary N) is 1. The van der Waals surface area contributed by atoms with Gasteiger partial charge in [0, 0.05) is 18.3 Å². The largest absolute Gasteiger partial charge is 0.399 e. The Morgan fingerprint density at radius 3 is 2.95 bits per heavy atom. The third-order valence-electron chi connectivity index (χ3n) is 3.44. The molecule has 1 aromatic carbocycles. The van der Waals surface area contributed by atoms with Crippen LogP contribution in [0.2, 0.25) is 0 Å². The number of aromatic nitrogens is 2. The van der Waals surface area contributed by atoms with Crippen molar-refractivity contribution in [1.29, 1.82) is 0 Å². The van der Waals surface area contributed by atoms with Crippen molar-refractivity contribution in [1.82, 2.24) is 9.97 Å². The van der Waals surface area contributed by atoms with Gasteiger partial charge in [-0.15, -0.1) is 0 Å². The van der Waals surface area contributed by atoms with Crippen LogP contribution in [0.3, 0.4) is 0 Å². The van der Waals surface area contributed by atoms with Gasteiger partial charge in [0.15, 0.2) is 0 Å². The number of rotatable bonds is 4. The number of benzene rings is 1. The van der Waals surface area contributed by atoms with Gasteiger partial charge in [0.2, 0.25) is 5.95 Å². The van der Waals surface area contributed by atoms with E-state index in [0.29, 0.717) is 28.6 Å². The van der Waals surface area contributed by atoms with E-state index >= 15 is 0 Å². The Morgan fingerprint density at radius 2 is 2.26 bits per heavy atom. The topological polar surface area (TPSA) is 75.0 Å². The molecule has 19 heavy (non-hydrogen) atoms. The van der Waals surface area contributed by atoms with Crippen LogP contribution in [0.15, 0.2) is 23.0 Å². The van der Waals surface area contributed by atoms with Gasteiger partial charge in [-0.05, 0) is 37.5 Å². The summed E-state index contributed by atoms with van der Waals surface area (Å²) < 4.78 is 0. The fraction of sp³-hybridized carbons (Fsp3) is 0.429. The molecule has 0 atom stereocenters. The number of fused-ring (bicyclic) bond motifs is 1. The van der Waals surface area contributed by atoms with Gasteiger partial charge < -0.3 is 10.6 Å². The quantitative estimate of drug-likeness (QED) is 0.821. The molecule has 1 aromatic heterocycles. The second kappa shape index (κ2) is 4.57. The summed E-state index contributed by atoms with van der Waals surface area (Å²) in [5, 5.41) is 0.552. The average molecular weight is 258 g/mol. The smallest absolute Gasteiger partial charge is 0.260 e. The zero-order chi connectivity index (χ0) is 13.4. The lowest BCUT2D eigenvalue weighted by Crippen LogP contribution is -2.30. The molecule has 1 saturated carbocycles. The van der Waals surface area contributed by atoms with Crippen molar-refractivity contribution in [2.75, 3.05) is 17.2 Å². The molecule has 5 nitrogen and oxygen atoms in total. The summed E-state index contributed by atoms with van der Waals surface area (Å²) in [6.45, 7) is 3.06. The maximum Gasteiger partial charge on any atom is 0.260 e. The molecule has 0 saturated heterocycles. The summed E-state index contributed by atoms with van der Waals surface area (Å²) in [4.78, 5) is 21.8. The maximum absolute atomic E-state index is 12.1. The third-order valence-corrected chi connectivity index (χ3v) is 3.44. The van der Waals surface area contributed by atoms with Crippen LogP contribution < -0.4 is 16.2 Å². The molecular formula is C14H18N4O. The molecule has 1 heterocycles. The van der Waals surface area contributed by atoms with Gasteiger partial charge in [-0.1, -0.05) is 6.92 Å². The minimum atomic E-state index is -0.117. The van der Waals surface area contributed by atoms with Crippen molar-refractivity contribution in [3.63, 3.8) is 0 Å². The van der Waals surface area contributed by atoms with Gasteiger partial charge in [-0.25, -0.2) is 4.98 Å². The third kappa shape index (κ3) is 2.28. The van der Waals surface area contributed by atoms with Crippen LogP contribution in [0.4, 0.5) is 11.6 Å². The molecule has 1 aliphatic carbocycles. The number of hydrogen-bond acceptors (Lipinski definition) is 4. The zero-order valence-electron chi connectivity index (χ0n) is 11.0. The molecule has 0 spiro atoms. The second-order valence-corrected chi connectivity index (χ2v) is 5.09. The highest BCUT2D eigenvalue weighted by Gasteiger charge is 2.30. The van der Waals surface area contributed by atoms with Crippen molar-refractivity contribution in [2.24, 2.45) is 0 Å². The maximum atomic E-state index is 12.1. The Labute approximate surface area is 111 Å². The highest BCUT2D eigenvalue weighted by atomic mass is 16.1. The molecule has 0 bridgehead atoms. The van der Waals surface area contributed by atoms with E-state index in [1.807, 2.05) is 0 Å². The van der Waals surface area contributed by atoms with Crippen LogP contribution in [-0.4, -0.2) is 22.6 Å². The number of H-pyrrole nitrogens is 1. The predicted molar refractivity (Wildman–Crippen MR) is 77.4 cm³/mol. The lowest BCUT2D eigenvalue weighted by atomic mass is 10.2. The standard InChI is InChI=1S/C14H18N4O/c1-2-7-18(10-4-5-10)14-16-12-6-3-9(15)8-11(12)13(19)17-14/h3,6,8,10H,2,4-5,7,15H2,1H3,(H,16,17,19). The molecule has 0 amide bonds. The summed E-state index contributed by atoms with van der Waals surface area (Å²) in [6.07, 6.45) is 3.41.